The highest BCUT2D eigenvalue weighted by atomic mass is 35.5. The van der Waals surface area contributed by atoms with Gasteiger partial charge in [-0.2, -0.15) is 5.10 Å². The maximum Gasteiger partial charge on any atom is 0.226 e. The molecule has 0 bridgehead atoms. The van der Waals surface area contributed by atoms with E-state index in [2.05, 4.69) is 10.3 Å². The van der Waals surface area contributed by atoms with Gasteiger partial charge in [0.05, 0.1) is 24.1 Å². The Balaban J connectivity index is 1.48. The predicted octanol–water partition coefficient (Wildman–Crippen LogP) is 4.99. The number of aryl methyl sites for hydroxylation is 2. The predicted molar refractivity (Wildman–Crippen MR) is 110 cm³/mol. The maximum absolute atomic E-state index is 5.94. The Morgan fingerprint density at radius 2 is 1.79 bits per heavy atom. The minimum absolute atomic E-state index is 0.443. The third-order valence-corrected chi connectivity index (χ3v) is 4.14. The molecular formula is C21H22ClN3O3. The van der Waals surface area contributed by atoms with Crippen molar-refractivity contribution in [3.05, 3.63) is 70.9 Å². The van der Waals surface area contributed by atoms with Crippen molar-refractivity contribution in [2.75, 3.05) is 13.2 Å². The number of ether oxygens (including phenoxy) is 2. The SMILES string of the molecule is Cc1nn(C)c(Oc2ccccc2)c1C=NOCCCOc1ccc(Cl)cc1. The lowest BCUT2D eigenvalue weighted by Gasteiger charge is -2.07. The van der Waals surface area contributed by atoms with Crippen LogP contribution >= 0.6 is 11.6 Å². The maximum atomic E-state index is 5.94. The molecule has 0 aliphatic heterocycles. The van der Waals surface area contributed by atoms with E-state index in [0.29, 0.717) is 30.5 Å². The lowest BCUT2D eigenvalue weighted by atomic mass is 10.3. The standard InChI is InChI=1S/C21H22ClN3O3/c1-16-20(21(25(2)24-16)28-19-7-4-3-5-8-19)15-23-27-14-6-13-26-18-11-9-17(22)10-12-18/h3-5,7-12,15H,6,13-14H2,1-2H3. The molecule has 0 radical (unpaired) electrons. The summed E-state index contributed by atoms with van der Waals surface area (Å²) in [6.07, 6.45) is 2.33. The first-order chi connectivity index (χ1) is 13.6. The fourth-order valence-corrected chi connectivity index (χ4v) is 2.64. The van der Waals surface area contributed by atoms with E-state index in [9.17, 15) is 0 Å². The van der Waals surface area contributed by atoms with Crippen molar-refractivity contribution in [2.45, 2.75) is 13.3 Å². The molecule has 3 rings (SSSR count). The minimum Gasteiger partial charge on any atom is -0.493 e. The van der Waals surface area contributed by atoms with Gasteiger partial charge < -0.3 is 14.3 Å². The van der Waals surface area contributed by atoms with Crippen LogP contribution in [0.5, 0.6) is 17.4 Å². The summed E-state index contributed by atoms with van der Waals surface area (Å²) in [6.45, 7) is 2.88. The van der Waals surface area contributed by atoms with Crippen LogP contribution in [-0.2, 0) is 11.9 Å². The lowest BCUT2D eigenvalue weighted by Crippen LogP contribution is -2.01. The molecule has 28 heavy (non-hydrogen) atoms. The van der Waals surface area contributed by atoms with Gasteiger partial charge in [0.1, 0.15) is 18.1 Å². The Bertz CT molecular complexity index is 909. The van der Waals surface area contributed by atoms with Crippen LogP contribution in [-0.4, -0.2) is 29.2 Å². The highest BCUT2D eigenvalue weighted by Crippen LogP contribution is 2.25. The zero-order valence-corrected chi connectivity index (χ0v) is 16.6. The number of hydrogen-bond donors (Lipinski definition) is 0. The molecule has 1 heterocycles. The van der Waals surface area contributed by atoms with Gasteiger partial charge in [0.15, 0.2) is 0 Å². The number of para-hydroxylation sites is 1. The van der Waals surface area contributed by atoms with Gasteiger partial charge in [-0.1, -0.05) is 35.0 Å². The average molecular weight is 400 g/mol. The van der Waals surface area contributed by atoms with Gasteiger partial charge in [0, 0.05) is 18.5 Å². The van der Waals surface area contributed by atoms with Crippen LogP contribution in [0.1, 0.15) is 17.7 Å². The fourth-order valence-electron chi connectivity index (χ4n) is 2.51. The zero-order chi connectivity index (χ0) is 19.8. The highest BCUT2D eigenvalue weighted by Gasteiger charge is 2.14. The molecule has 0 atom stereocenters. The van der Waals surface area contributed by atoms with E-state index >= 15 is 0 Å². The number of rotatable bonds is 9. The molecule has 0 saturated heterocycles. The van der Waals surface area contributed by atoms with Crippen LogP contribution in [0.25, 0.3) is 0 Å². The van der Waals surface area contributed by atoms with Gasteiger partial charge in [0.25, 0.3) is 0 Å². The summed E-state index contributed by atoms with van der Waals surface area (Å²) in [6, 6.07) is 16.8. The Kier molecular flexibility index (Phi) is 6.92. The van der Waals surface area contributed by atoms with E-state index in [0.717, 1.165) is 22.8 Å². The molecule has 0 aliphatic rings. The molecule has 0 aliphatic carbocycles. The monoisotopic (exact) mass is 399 g/mol. The minimum atomic E-state index is 0.443. The summed E-state index contributed by atoms with van der Waals surface area (Å²) in [5.41, 5.74) is 1.59. The molecule has 146 valence electrons. The van der Waals surface area contributed by atoms with Gasteiger partial charge in [-0.05, 0) is 43.3 Å². The van der Waals surface area contributed by atoms with Crippen molar-refractivity contribution in [1.29, 1.82) is 0 Å². The summed E-state index contributed by atoms with van der Waals surface area (Å²) in [5, 5.41) is 9.12. The number of nitrogens with zero attached hydrogens (tertiary/aromatic N) is 3. The van der Waals surface area contributed by atoms with Gasteiger partial charge in [0.2, 0.25) is 5.88 Å². The molecule has 6 nitrogen and oxygen atoms in total. The van der Waals surface area contributed by atoms with Crippen LogP contribution in [0.15, 0.2) is 59.8 Å². The van der Waals surface area contributed by atoms with E-state index in [-0.39, 0.29) is 0 Å². The van der Waals surface area contributed by atoms with Crippen LogP contribution in [0.2, 0.25) is 5.02 Å². The summed E-state index contributed by atoms with van der Waals surface area (Å²) in [7, 11) is 1.83. The zero-order valence-electron chi connectivity index (χ0n) is 15.8. The first-order valence-corrected chi connectivity index (χ1v) is 9.31. The normalized spacial score (nSPS) is 11.0. The van der Waals surface area contributed by atoms with Gasteiger partial charge in [-0.15, -0.1) is 0 Å². The van der Waals surface area contributed by atoms with Crippen molar-refractivity contribution in [3.63, 3.8) is 0 Å². The molecule has 0 unspecified atom stereocenters. The second kappa shape index (κ2) is 9.80. The first kappa shape index (κ1) is 19.8. The van der Waals surface area contributed by atoms with Gasteiger partial charge in [-0.3, -0.25) is 0 Å². The summed E-state index contributed by atoms with van der Waals surface area (Å²) >= 11 is 5.84. The summed E-state index contributed by atoms with van der Waals surface area (Å²) in [5.74, 6) is 2.13. The Morgan fingerprint density at radius 3 is 2.54 bits per heavy atom. The molecule has 0 amide bonds. The van der Waals surface area contributed by atoms with Crippen molar-refractivity contribution in [1.82, 2.24) is 9.78 Å². The third-order valence-electron chi connectivity index (χ3n) is 3.89. The summed E-state index contributed by atoms with van der Waals surface area (Å²) < 4.78 is 13.2. The number of aromatic nitrogens is 2. The average Bonchev–Trinajstić information content (AvgIpc) is 2.96. The quantitative estimate of drug-likeness (QED) is 0.289. The number of oxime groups is 1. The number of hydrogen-bond acceptors (Lipinski definition) is 5. The van der Waals surface area contributed by atoms with E-state index in [1.807, 2.05) is 56.4 Å². The second-order valence-electron chi connectivity index (χ2n) is 6.07. The topological polar surface area (TPSA) is 57.9 Å². The molecule has 0 N–H and O–H groups in total. The van der Waals surface area contributed by atoms with Crippen molar-refractivity contribution >= 4 is 17.8 Å². The van der Waals surface area contributed by atoms with E-state index < -0.39 is 0 Å². The largest absolute Gasteiger partial charge is 0.493 e. The molecule has 2 aromatic carbocycles. The molecule has 0 fully saturated rings. The molecule has 0 spiro atoms. The smallest absolute Gasteiger partial charge is 0.226 e. The second-order valence-corrected chi connectivity index (χ2v) is 6.50. The summed E-state index contributed by atoms with van der Waals surface area (Å²) in [4.78, 5) is 5.34. The van der Waals surface area contributed by atoms with E-state index in [4.69, 9.17) is 25.9 Å². The van der Waals surface area contributed by atoms with E-state index in [1.165, 1.54) is 0 Å². The van der Waals surface area contributed by atoms with Gasteiger partial charge >= 0.3 is 0 Å². The van der Waals surface area contributed by atoms with Crippen LogP contribution in [0.4, 0.5) is 0 Å². The lowest BCUT2D eigenvalue weighted by molar-refractivity contribution is 0.129. The fraction of sp³-hybridized carbons (Fsp3) is 0.238. The Hall–Kier alpha value is -2.99. The van der Waals surface area contributed by atoms with Gasteiger partial charge in [-0.25, -0.2) is 4.68 Å². The number of benzene rings is 2. The molecular weight excluding hydrogens is 378 g/mol. The Morgan fingerprint density at radius 1 is 1.04 bits per heavy atom. The Labute approximate surface area is 169 Å². The number of halogens is 1. The first-order valence-electron chi connectivity index (χ1n) is 8.93. The third kappa shape index (κ3) is 5.50. The van der Waals surface area contributed by atoms with Crippen LogP contribution in [0, 0.1) is 6.92 Å². The van der Waals surface area contributed by atoms with Crippen LogP contribution in [0.3, 0.4) is 0 Å². The molecule has 7 heteroatoms. The molecule has 3 aromatic rings. The van der Waals surface area contributed by atoms with Crippen molar-refractivity contribution < 1.29 is 14.3 Å². The van der Waals surface area contributed by atoms with Crippen LogP contribution < -0.4 is 9.47 Å². The van der Waals surface area contributed by atoms with E-state index in [1.54, 1.807) is 23.0 Å². The highest BCUT2D eigenvalue weighted by molar-refractivity contribution is 6.30. The molecule has 0 saturated carbocycles. The van der Waals surface area contributed by atoms with Crippen molar-refractivity contribution in [3.8, 4) is 17.4 Å². The van der Waals surface area contributed by atoms with Crippen molar-refractivity contribution in [2.24, 2.45) is 12.2 Å². The molecule has 1 aromatic heterocycles.